The van der Waals surface area contributed by atoms with E-state index < -0.39 is 5.97 Å². The summed E-state index contributed by atoms with van der Waals surface area (Å²) in [6.07, 6.45) is 19.3. The largest absolute Gasteiger partial charge is 0.544 e. The van der Waals surface area contributed by atoms with Crippen LogP contribution >= 0.6 is 0 Å². The van der Waals surface area contributed by atoms with Crippen LogP contribution in [0, 0.1) is 0 Å². The van der Waals surface area contributed by atoms with E-state index in [1.807, 2.05) is 0 Å². The summed E-state index contributed by atoms with van der Waals surface area (Å²) in [4.78, 5) is 15.9. The summed E-state index contributed by atoms with van der Waals surface area (Å²) < 4.78 is 0.564. The Morgan fingerprint density at radius 2 is 1.37 bits per heavy atom. The van der Waals surface area contributed by atoms with Gasteiger partial charge in [-0.15, -0.1) is 0 Å². The predicted molar refractivity (Wildman–Crippen MR) is 113 cm³/mol. The number of amidine groups is 1. The molecular weight excluding hydrogens is 336 g/mol. The van der Waals surface area contributed by atoms with Gasteiger partial charge in [-0.2, -0.15) is 0 Å². The molecule has 0 aromatic rings. The normalized spacial score (nSPS) is 19.4. The Labute approximate surface area is 168 Å². The third-order valence-electron chi connectivity index (χ3n) is 6.00. The Morgan fingerprint density at radius 3 is 1.89 bits per heavy atom. The number of hydrogen-bond acceptors (Lipinski definition) is 3. The number of quaternary nitrogens is 1. The molecule has 0 saturated carbocycles. The van der Waals surface area contributed by atoms with Crippen molar-refractivity contribution < 1.29 is 14.4 Å². The minimum absolute atomic E-state index is 0.108. The zero-order valence-corrected chi connectivity index (χ0v) is 18.1. The molecule has 0 aromatic heterocycles. The quantitative estimate of drug-likeness (QED) is 0.252. The van der Waals surface area contributed by atoms with Gasteiger partial charge in [0.15, 0.2) is 5.84 Å². The number of carbonyl (C=O) groups excluding carboxylic acids is 1. The second-order valence-electron chi connectivity index (χ2n) is 8.41. The van der Waals surface area contributed by atoms with Crippen LogP contribution in [-0.2, 0) is 4.79 Å². The van der Waals surface area contributed by atoms with E-state index in [1.54, 1.807) is 0 Å². The van der Waals surface area contributed by atoms with E-state index >= 15 is 0 Å². The van der Waals surface area contributed by atoms with Crippen molar-refractivity contribution in [2.75, 3.05) is 26.2 Å². The zero-order valence-electron chi connectivity index (χ0n) is 18.1. The van der Waals surface area contributed by atoms with E-state index in [0.29, 0.717) is 4.48 Å². The standard InChI is InChI=1S/C23H44N2O2/c1-3-5-7-8-9-10-11-12-13-14-15-16-17-22-24-18-20-25(22,19-6-4-2)21-23(26)27/h3-21H2,1-2H3. The second kappa shape index (κ2) is 15.1. The molecule has 4 heteroatoms. The Morgan fingerprint density at radius 1 is 0.852 bits per heavy atom. The van der Waals surface area contributed by atoms with Crippen LogP contribution in [0.15, 0.2) is 4.99 Å². The van der Waals surface area contributed by atoms with E-state index in [1.165, 1.54) is 70.6 Å². The summed E-state index contributed by atoms with van der Waals surface area (Å²) in [5, 5.41) is 11.3. The minimum atomic E-state index is -0.935. The van der Waals surface area contributed by atoms with Crippen molar-refractivity contribution in [2.45, 2.75) is 110 Å². The number of carboxylic acid groups (broad SMARTS) is 1. The summed E-state index contributed by atoms with van der Waals surface area (Å²) >= 11 is 0. The fraction of sp³-hybridized carbons (Fsp3) is 0.913. The maximum absolute atomic E-state index is 11.3. The van der Waals surface area contributed by atoms with Crippen molar-refractivity contribution in [3.8, 4) is 0 Å². The summed E-state index contributed by atoms with van der Waals surface area (Å²) in [5.74, 6) is 0.190. The predicted octanol–water partition coefficient (Wildman–Crippen LogP) is 4.86. The summed E-state index contributed by atoms with van der Waals surface area (Å²) in [6.45, 7) is 7.07. The van der Waals surface area contributed by atoms with Gasteiger partial charge in [0.25, 0.3) is 0 Å². The highest BCUT2D eigenvalue weighted by Crippen LogP contribution is 2.21. The lowest BCUT2D eigenvalue weighted by atomic mass is 10.0. The maximum Gasteiger partial charge on any atom is 0.198 e. The van der Waals surface area contributed by atoms with E-state index in [-0.39, 0.29) is 6.54 Å². The van der Waals surface area contributed by atoms with Crippen LogP contribution in [0.3, 0.4) is 0 Å². The molecule has 1 aliphatic heterocycles. The molecule has 27 heavy (non-hydrogen) atoms. The molecule has 1 unspecified atom stereocenters. The van der Waals surface area contributed by atoms with E-state index in [2.05, 4.69) is 18.8 Å². The first-order valence-corrected chi connectivity index (χ1v) is 11.7. The van der Waals surface area contributed by atoms with E-state index in [4.69, 9.17) is 0 Å². The number of aliphatic carboxylic acids is 1. The molecule has 1 heterocycles. The first-order valence-electron chi connectivity index (χ1n) is 11.7. The maximum atomic E-state index is 11.3. The lowest BCUT2D eigenvalue weighted by Crippen LogP contribution is -2.56. The molecule has 0 bridgehead atoms. The summed E-state index contributed by atoms with van der Waals surface area (Å²) in [5.41, 5.74) is 0. The third kappa shape index (κ3) is 10.3. The van der Waals surface area contributed by atoms with Crippen LogP contribution in [0.2, 0.25) is 0 Å². The van der Waals surface area contributed by atoms with E-state index in [9.17, 15) is 9.90 Å². The Kier molecular flexibility index (Phi) is 13.5. The average Bonchev–Trinajstić information content (AvgIpc) is 3.02. The molecule has 0 spiro atoms. The highest BCUT2D eigenvalue weighted by atomic mass is 16.4. The highest BCUT2D eigenvalue weighted by molar-refractivity contribution is 5.79. The van der Waals surface area contributed by atoms with Crippen molar-refractivity contribution in [1.82, 2.24) is 0 Å². The van der Waals surface area contributed by atoms with Gasteiger partial charge in [-0.05, 0) is 12.8 Å². The monoisotopic (exact) mass is 380 g/mol. The van der Waals surface area contributed by atoms with Gasteiger partial charge in [-0.25, -0.2) is 4.99 Å². The van der Waals surface area contributed by atoms with Crippen LogP contribution in [0.5, 0.6) is 0 Å². The molecule has 0 radical (unpaired) electrons. The van der Waals surface area contributed by atoms with Gasteiger partial charge in [0.1, 0.15) is 13.1 Å². The number of carbonyl (C=O) groups is 1. The van der Waals surface area contributed by atoms with Crippen molar-refractivity contribution in [3.05, 3.63) is 0 Å². The number of nitrogens with zero attached hydrogens (tertiary/aromatic N) is 2. The van der Waals surface area contributed by atoms with Crippen LogP contribution in [0.1, 0.15) is 110 Å². The van der Waals surface area contributed by atoms with Gasteiger partial charge in [0.2, 0.25) is 0 Å². The van der Waals surface area contributed by atoms with Gasteiger partial charge < -0.3 is 9.90 Å². The van der Waals surface area contributed by atoms with E-state index in [0.717, 1.165) is 51.2 Å². The molecule has 0 aliphatic carbocycles. The highest BCUT2D eigenvalue weighted by Gasteiger charge is 2.37. The molecule has 158 valence electrons. The van der Waals surface area contributed by atoms with Gasteiger partial charge in [0.05, 0.1) is 19.1 Å². The molecular formula is C23H44N2O2. The summed E-state index contributed by atoms with van der Waals surface area (Å²) in [6, 6.07) is 0. The van der Waals surface area contributed by atoms with Crippen LogP contribution < -0.4 is 5.11 Å². The Balaban J connectivity index is 2.13. The number of unbranched alkanes of at least 4 members (excludes halogenated alkanes) is 12. The lowest BCUT2D eigenvalue weighted by molar-refractivity contribution is -0.831. The van der Waals surface area contributed by atoms with Gasteiger partial charge in [-0.3, -0.25) is 4.48 Å². The van der Waals surface area contributed by atoms with Crippen molar-refractivity contribution in [2.24, 2.45) is 4.99 Å². The van der Waals surface area contributed by atoms with Crippen molar-refractivity contribution in [1.29, 1.82) is 0 Å². The minimum Gasteiger partial charge on any atom is -0.544 e. The van der Waals surface area contributed by atoms with Crippen LogP contribution in [0.25, 0.3) is 0 Å². The molecule has 1 atom stereocenters. The number of carboxylic acids is 1. The SMILES string of the molecule is CCCCCCCCCCCCCCC1=NCC[N+]1(CCCC)CC(=O)[O-]. The first kappa shape index (κ1) is 24.1. The molecule has 0 fully saturated rings. The van der Waals surface area contributed by atoms with Crippen molar-refractivity contribution >= 4 is 11.8 Å². The third-order valence-corrected chi connectivity index (χ3v) is 6.00. The molecule has 1 aliphatic rings. The molecule has 4 nitrogen and oxygen atoms in total. The molecule has 0 aromatic carbocycles. The average molecular weight is 381 g/mol. The van der Waals surface area contributed by atoms with Gasteiger partial charge >= 0.3 is 0 Å². The molecule has 0 saturated heterocycles. The fourth-order valence-corrected chi connectivity index (χ4v) is 4.29. The Bertz CT molecular complexity index is 423. The summed E-state index contributed by atoms with van der Waals surface area (Å²) in [7, 11) is 0. The second-order valence-corrected chi connectivity index (χ2v) is 8.41. The number of rotatable bonds is 18. The van der Waals surface area contributed by atoms with Crippen LogP contribution in [-0.4, -0.2) is 42.5 Å². The molecule has 1 rings (SSSR count). The number of aliphatic imine (C=N–C) groups is 1. The van der Waals surface area contributed by atoms with Crippen LogP contribution in [0.4, 0.5) is 0 Å². The smallest absolute Gasteiger partial charge is 0.198 e. The van der Waals surface area contributed by atoms with Gasteiger partial charge in [0, 0.05) is 6.42 Å². The van der Waals surface area contributed by atoms with Crippen molar-refractivity contribution in [3.63, 3.8) is 0 Å². The first-order chi connectivity index (χ1) is 13.1. The van der Waals surface area contributed by atoms with Gasteiger partial charge in [-0.1, -0.05) is 90.9 Å². The number of hydrogen-bond donors (Lipinski definition) is 0. The molecule has 0 N–H and O–H groups in total. The molecule has 0 amide bonds. The lowest BCUT2D eigenvalue weighted by Gasteiger charge is -2.35. The topological polar surface area (TPSA) is 52.5 Å². The zero-order chi connectivity index (χ0) is 19.8. The Hall–Kier alpha value is -0.900. The fourth-order valence-electron chi connectivity index (χ4n) is 4.29.